The standard InChI is InChI=1S/C23H46O2Si/c1-8-10-11-12-13-14-15-16-17-18-21(24)19-20-22(9-2)25-26(6,7)23(3,4)5/h21-22,24H,8-18H2,1-7H3. The lowest BCUT2D eigenvalue weighted by Crippen LogP contribution is -2.43. The highest BCUT2D eigenvalue weighted by Gasteiger charge is 2.38. The Morgan fingerprint density at radius 2 is 1.35 bits per heavy atom. The van der Waals surface area contributed by atoms with Gasteiger partial charge in [-0.1, -0.05) is 97.8 Å². The highest BCUT2D eigenvalue weighted by molar-refractivity contribution is 6.74. The van der Waals surface area contributed by atoms with Gasteiger partial charge in [-0.15, -0.1) is 0 Å². The molecule has 0 amide bonds. The number of hydrogen-bond donors (Lipinski definition) is 1. The molecular formula is C23H46O2Si. The number of aliphatic hydroxyl groups is 1. The molecule has 0 bridgehead atoms. The lowest BCUT2D eigenvalue weighted by molar-refractivity contribution is 0.211. The number of rotatable bonds is 13. The predicted octanol–water partition coefficient (Wildman–Crippen LogP) is 7.07. The van der Waals surface area contributed by atoms with Crippen molar-refractivity contribution >= 4 is 8.32 Å². The average molecular weight is 383 g/mol. The van der Waals surface area contributed by atoms with Crippen LogP contribution in [-0.4, -0.2) is 25.6 Å². The molecule has 0 rings (SSSR count). The van der Waals surface area contributed by atoms with E-state index >= 15 is 0 Å². The second-order valence-electron chi connectivity index (χ2n) is 9.20. The van der Waals surface area contributed by atoms with E-state index < -0.39 is 14.4 Å². The van der Waals surface area contributed by atoms with E-state index in [2.05, 4.69) is 59.6 Å². The Bertz CT molecular complexity index is 401. The summed E-state index contributed by atoms with van der Waals surface area (Å²) in [6.07, 6.45) is 12.9. The Morgan fingerprint density at radius 1 is 0.846 bits per heavy atom. The maximum absolute atomic E-state index is 10.1. The third-order valence-corrected chi connectivity index (χ3v) is 10.1. The minimum Gasteiger partial charge on any atom is -0.403 e. The van der Waals surface area contributed by atoms with E-state index in [1.807, 2.05) is 0 Å². The molecule has 2 unspecified atom stereocenters. The van der Waals surface area contributed by atoms with Gasteiger partial charge in [0.25, 0.3) is 0 Å². The normalized spacial score (nSPS) is 14.6. The first-order chi connectivity index (χ1) is 12.1. The van der Waals surface area contributed by atoms with Crippen LogP contribution in [-0.2, 0) is 4.43 Å². The Morgan fingerprint density at radius 3 is 1.81 bits per heavy atom. The molecule has 1 N–H and O–H groups in total. The van der Waals surface area contributed by atoms with Crippen LogP contribution in [0.3, 0.4) is 0 Å². The monoisotopic (exact) mass is 382 g/mol. The first kappa shape index (κ1) is 25.7. The second-order valence-corrected chi connectivity index (χ2v) is 14.0. The lowest BCUT2D eigenvalue weighted by Gasteiger charge is -2.37. The Labute approximate surface area is 165 Å². The molecule has 0 aromatic rings. The van der Waals surface area contributed by atoms with Crippen LogP contribution >= 0.6 is 0 Å². The second kappa shape index (κ2) is 13.8. The SMILES string of the molecule is CCCCCCCCCCCC(O)C#CC(CC)O[Si](C)(C)C(C)(C)C. The molecule has 0 aliphatic heterocycles. The zero-order valence-corrected chi connectivity index (χ0v) is 19.8. The first-order valence-corrected chi connectivity index (χ1v) is 13.9. The quantitative estimate of drug-likeness (QED) is 0.210. The molecule has 26 heavy (non-hydrogen) atoms. The first-order valence-electron chi connectivity index (χ1n) is 11.0. The van der Waals surface area contributed by atoms with Crippen LogP contribution in [0.5, 0.6) is 0 Å². The average Bonchev–Trinajstić information content (AvgIpc) is 2.56. The van der Waals surface area contributed by atoms with E-state index in [-0.39, 0.29) is 11.1 Å². The smallest absolute Gasteiger partial charge is 0.193 e. The van der Waals surface area contributed by atoms with Crippen molar-refractivity contribution in [1.82, 2.24) is 0 Å². The highest BCUT2D eigenvalue weighted by atomic mass is 28.4. The fourth-order valence-corrected chi connectivity index (χ4v) is 3.95. The van der Waals surface area contributed by atoms with Gasteiger partial charge in [-0.2, -0.15) is 0 Å². The van der Waals surface area contributed by atoms with Gasteiger partial charge >= 0.3 is 0 Å². The summed E-state index contributed by atoms with van der Waals surface area (Å²) in [6.45, 7) is 15.6. The summed E-state index contributed by atoms with van der Waals surface area (Å²) in [6, 6.07) is 0. The molecule has 0 aliphatic carbocycles. The van der Waals surface area contributed by atoms with Crippen molar-refractivity contribution in [3.05, 3.63) is 0 Å². The topological polar surface area (TPSA) is 29.5 Å². The molecule has 0 radical (unpaired) electrons. The van der Waals surface area contributed by atoms with Crippen LogP contribution in [0.2, 0.25) is 18.1 Å². The Hall–Kier alpha value is -0.303. The minimum absolute atomic E-state index is 0.0475. The van der Waals surface area contributed by atoms with E-state index in [1.54, 1.807) is 0 Å². The summed E-state index contributed by atoms with van der Waals surface area (Å²) >= 11 is 0. The zero-order valence-electron chi connectivity index (χ0n) is 18.8. The molecule has 2 nitrogen and oxygen atoms in total. The fraction of sp³-hybridized carbons (Fsp3) is 0.913. The molecule has 0 aliphatic rings. The Balaban J connectivity index is 4.03. The van der Waals surface area contributed by atoms with Gasteiger partial charge < -0.3 is 9.53 Å². The highest BCUT2D eigenvalue weighted by Crippen LogP contribution is 2.37. The van der Waals surface area contributed by atoms with E-state index in [4.69, 9.17) is 4.43 Å². The van der Waals surface area contributed by atoms with Gasteiger partial charge in [0.15, 0.2) is 8.32 Å². The summed E-state index contributed by atoms with van der Waals surface area (Å²) in [5.74, 6) is 6.23. The number of hydrogen-bond acceptors (Lipinski definition) is 2. The van der Waals surface area contributed by atoms with Crippen molar-refractivity contribution < 1.29 is 9.53 Å². The summed E-state index contributed by atoms with van der Waals surface area (Å²) in [4.78, 5) is 0. The molecule has 0 fully saturated rings. The zero-order chi connectivity index (χ0) is 20.1. The largest absolute Gasteiger partial charge is 0.403 e. The molecule has 0 aromatic heterocycles. The van der Waals surface area contributed by atoms with Crippen molar-refractivity contribution in [3.63, 3.8) is 0 Å². The van der Waals surface area contributed by atoms with Gasteiger partial charge in [0.1, 0.15) is 12.2 Å². The van der Waals surface area contributed by atoms with Crippen LogP contribution in [0.15, 0.2) is 0 Å². The van der Waals surface area contributed by atoms with Gasteiger partial charge in [0.2, 0.25) is 0 Å². The van der Waals surface area contributed by atoms with Crippen molar-refractivity contribution in [2.45, 2.75) is 136 Å². The summed E-state index contributed by atoms with van der Waals surface area (Å²) in [7, 11) is -1.80. The molecule has 0 saturated heterocycles. The van der Waals surface area contributed by atoms with Crippen LogP contribution in [0.25, 0.3) is 0 Å². The van der Waals surface area contributed by atoms with Gasteiger partial charge in [0.05, 0.1) is 0 Å². The van der Waals surface area contributed by atoms with E-state index in [0.717, 1.165) is 19.3 Å². The molecule has 2 atom stereocenters. The summed E-state index contributed by atoms with van der Waals surface area (Å²) < 4.78 is 6.35. The van der Waals surface area contributed by atoms with E-state index in [1.165, 1.54) is 51.4 Å². The molecule has 154 valence electrons. The van der Waals surface area contributed by atoms with Gasteiger partial charge in [-0.05, 0) is 37.4 Å². The lowest BCUT2D eigenvalue weighted by atomic mass is 10.1. The summed E-state index contributed by atoms with van der Waals surface area (Å²) in [5, 5.41) is 10.3. The predicted molar refractivity (Wildman–Crippen MR) is 118 cm³/mol. The van der Waals surface area contributed by atoms with E-state index in [9.17, 15) is 5.11 Å². The third kappa shape index (κ3) is 12.2. The maximum atomic E-state index is 10.1. The van der Waals surface area contributed by atoms with Crippen LogP contribution in [0.4, 0.5) is 0 Å². The maximum Gasteiger partial charge on any atom is 0.193 e. The van der Waals surface area contributed by atoms with Crippen molar-refractivity contribution in [1.29, 1.82) is 0 Å². The number of unbranched alkanes of at least 4 members (excludes halogenated alkanes) is 8. The molecule has 0 spiro atoms. The van der Waals surface area contributed by atoms with Crippen LogP contribution < -0.4 is 0 Å². The van der Waals surface area contributed by atoms with Crippen LogP contribution in [0, 0.1) is 11.8 Å². The van der Waals surface area contributed by atoms with Gasteiger partial charge in [-0.3, -0.25) is 0 Å². The van der Waals surface area contributed by atoms with Crippen LogP contribution in [0.1, 0.15) is 105 Å². The fourth-order valence-electron chi connectivity index (χ4n) is 2.66. The summed E-state index contributed by atoms with van der Waals surface area (Å²) in [5.41, 5.74) is 0. The Kier molecular flexibility index (Phi) is 13.6. The molecule has 3 heteroatoms. The molecule has 0 heterocycles. The van der Waals surface area contributed by atoms with Crippen molar-refractivity contribution in [2.24, 2.45) is 0 Å². The van der Waals surface area contributed by atoms with E-state index in [0.29, 0.717) is 0 Å². The number of aliphatic hydroxyl groups excluding tert-OH is 1. The van der Waals surface area contributed by atoms with Crippen molar-refractivity contribution in [2.75, 3.05) is 0 Å². The third-order valence-electron chi connectivity index (χ3n) is 5.61. The molecule has 0 saturated carbocycles. The van der Waals surface area contributed by atoms with Gasteiger partial charge in [-0.25, -0.2) is 0 Å². The van der Waals surface area contributed by atoms with Crippen molar-refractivity contribution in [3.8, 4) is 11.8 Å². The minimum atomic E-state index is -1.80. The van der Waals surface area contributed by atoms with Gasteiger partial charge in [0, 0.05) is 0 Å². The molecule has 0 aromatic carbocycles. The molecular weight excluding hydrogens is 336 g/mol.